The van der Waals surface area contributed by atoms with Gasteiger partial charge in [0.05, 0.1) is 23.3 Å². The number of hydrogen-bond donors (Lipinski definition) is 3. The molecular formula is C48H54F4N10O4. The lowest BCUT2D eigenvalue weighted by Crippen LogP contribution is -2.49. The topological polar surface area (TPSA) is 140 Å². The van der Waals surface area contributed by atoms with Gasteiger partial charge in [-0.3, -0.25) is 38.9 Å². The van der Waals surface area contributed by atoms with Crippen LogP contribution in [0.1, 0.15) is 66.1 Å². The second-order valence-corrected chi connectivity index (χ2v) is 18.0. The molecule has 3 N–H and O–H groups in total. The fourth-order valence-electron chi connectivity index (χ4n) is 10.1. The van der Waals surface area contributed by atoms with Gasteiger partial charge in [-0.15, -0.1) is 0 Å². The fraction of sp³-hybridized carbons (Fsp3) is 0.438. The number of aryl methyl sites for hydroxylation is 1. The normalized spacial score (nSPS) is 19.4. The van der Waals surface area contributed by atoms with Crippen molar-refractivity contribution in [2.45, 2.75) is 57.0 Å². The summed E-state index contributed by atoms with van der Waals surface area (Å²) < 4.78 is 64.7. The van der Waals surface area contributed by atoms with Crippen LogP contribution in [0.25, 0.3) is 16.7 Å². The third-order valence-corrected chi connectivity index (χ3v) is 13.9. The highest BCUT2D eigenvalue weighted by Gasteiger charge is 2.32. The van der Waals surface area contributed by atoms with Crippen LogP contribution >= 0.6 is 0 Å². The van der Waals surface area contributed by atoms with E-state index in [1.54, 1.807) is 36.3 Å². The molecule has 7 heterocycles. The molecule has 4 aliphatic heterocycles. The monoisotopic (exact) mass is 910 g/mol. The van der Waals surface area contributed by atoms with E-state index in [4.69, 9.17) is 0 Å². The number of anilines is 3. The highest BCUT2D eigenvalue weighted by atomic mass is 19.1. The van der Waals surface area contributed by atoms with Gasteiger partial charge >= 0.3 is 0 Å². The molecule has 2 aromatic carbocycles. The first-order valence-corrected chi connectivity index (χ1v) is 22.7. The zero-order valence-corrected chi connectivity index (χ0v) is 37.1. The van der Waals surface area contributed by atoms with Crippen LogP contribution < -0.4 is 26.4 Å². The number of nitrogens with zero attached hydrogens (tertiary/aromatic N) is 7. The Morgan fingerprint density at radius 1 is 0.788 bits per heavy atom. The summed E-state index contributed by atoms with van der Waals surface area (Å²) in [4.78, 5) is 62.8. The number of aromatic nitrogens is 3. The van der Waals surface area contributed by atoms with Crippen LogP contribution in [-0.4, -0.2) is 119 Å². The average molecular weight is 911 g/mol. The predicted octanol–water partition coefficient (Wildman–Crippen LogP) is 5.59. The number of piperazine rings is 1. The lowest BCUT2D eigenvalue weighted by atomic mass is 9.87. The maximum atomic E-state index is 15.8. The maximum absolute atomic E-state index is 15.8. The summed E-state index contributed by atoms with van der Waals surface area (Å²) in [7, 11) is 3.43. The summed E-state index contributed by atoms with van der Waals surface area (Å²) in [6, 6.07) is 11.5. The number of amides is 3. The molecule has 66 heavy (non-hydrogen) atoms. The van der Waals surface area contributed by atoms with Crippen LogP contribution in [-0.2, 0) is 23.2 Å². The van der Waals surface area contributed by atoms with E-state index in [9.17, 15) is 23.6 Å². The molecular weight excluding hydrogens is 857 g/mol. The van der Waals surface area contributed by atoms with Crippen molar-refractivity contribution in [2.75, 3.05) is 81.5 Å². The lowest BCUT2D eigenvalue weighted by Gasteiger charge is -2.39. The Morgan fingerprint density at radius 3 is 2.20 bits per heavy atom. The SMILES string of the molecule is CNc1cc(=O)n(-c2ccnc3c2cc(CN2CCC(c4c(F)cc(C(=O)N5CCC(CN6CCN(c7ccc(NC8CCC(=O)NC8=O)cc7F)CC6)CC5)cc4F)CC2)n3C)cc1F. The first-order valence-electron chi connectivity index (χ1n) is 22.7. The smallest absolute Gasteiger partial charge is 0.257 e. The first kappa shape index (κ1) is 44.9. The van der Waals surface area contributed by atoms with Gasteiger partial charge in [-0.1, -0.05) is 0 Å². The van der Waals surface area contributed by atoms with Crippen LogP contribution in [0.15, 0.2) is 65.7 Å². The molecule has 1 atom stereocenters. The molecule has 14 nitrogen and oxygen atoms in total. The molecule has 3 aromatic heterocycles. The van der Waals surface area contributed by atoms with E-state index in [-0.39, 0.29) is 52.3 Å². The molecule has 9 rings (SSSR count). The van der Waals surface area contributed by atoms with Crippen LogP contribution in [0.4, 0.5) is 34.6 Å². The third-order valence-electron chi connectivity index (χ3n) is 13.9. The minimum atomic E-state index is -0.702. The molecule has 1 unspecified atom stereocenters. The minimum absolute atomic E-state index is 0.0134. The first-order chi connectivity index (χ1) is 31.8. The molecule has 5 aromatic rings. The molecule has 4 saturated heterocycles. The van der Waals surface area contributed by atoms with Crippen LogP contribution in [0.3, 0.4) is 0 Å². The van der Waals surface area contributed by atoms with Crippen molar-refractivity contribution in [2.24, 2.45) is 13.0 Å². The quantitative estimate of drug-likeness (QED) is 0.114. The van der Waals surface area contributed by atoms with Crippen LogP contribution in [0.5, 0.6) is 0 Å². The summed E-state index contributed by atoms with van der Waals surface area (Å²) in [6.07, 6.45) is 5.93. The number of imide groups is 1. The van der Waals surface area contributed by atoms with Gasteiger partial charge in [0.2, 0.25) is 11.8 Å². The number of halogens is 4. The summed E-state index contributed by atoms with van der Waals surface area (Å²) in [5, 5.41) is 8.71. The second kappa shape index (κ2) is 18.9. The van der Waals surface area contributed by atoms with Gasteiger partial charge in [-0.25, -0.2) is 22.5 Å². The van der Waals surface area contributed by atoms with Crippen molar-refractivity contribution in [3.05, 3.63) is 111 Å². The van der Waals surface area contributed by atoms with Gasteiger partial charge in [0.1, 0.15) is 29.1 Å². The van der Waals surface area contributed by atoms with Crippen molar-refractivity contribution in [3.8, 4) is 5.69 Å². The molecule has 4 fully saturated rings. The van der Waals surface area contributed by atoms with Gasteiger partial charge in [0.25, 0.3) is 11.5 Å². The number of hydrogen-bond acceptors (Lipinski definition) is 10. The van der Waals surface area contributed by atoms with E-state index in [2.05, 4.69) is 30.7 Å². The van der Waals surface area contributed by atoms with E-state index >= 15 is 13.2 Å². The Kier molecular flexibility index (Phi) is 12.9. The summed E-state index contributed by atoms with van der Waals surface area (Å²) >= 11 is 0. The Balaban J connectivity index is 0.742. The standard InChI is InChI=1S/C48H54F4N10O4/c1-53-40-25-44(64)62(28-38(40)52)41-7-12-54-46-34(41)24-33(57(46)2)27-58-13-10-30(11-14-58)45-36(50)21-31(22-37(45)51)48(66)61-15-8-29(9-16-61)26-59-17-19-60(20-18-59)42-5-3-32(23-35(42)49)55-39-4-6-43(63)56-47(39)65/h3,5,7,12,21-25,28-30,39,53,55H,4,6,8-11,13-20,26-27H2,1-2H3,(H,56,63,65). The number of piperidine rings is 3. The molecule has 3 amide bonds. The summed E-state index contributed by atoms with van der Waals surface area (Å²) in [5.41, 5.74) is 2.82. The van der Waals surface area contributed by atoms with Crippen LogP contribution in [0.2, 0.25) is 0 Å². The van der Waals surface area contributed by atoms with Gasteiger partial charge < -0.3 is 25.0 Å². The number of likely N-dealkylation sites (tertiary alicyclic amines) is 2. The van der Waals surface area contributed by atoms with E-state index in [0.29, 0.717) is 99.1 Å². The molecule has 0 aliphatic carbocycles. The maximum Gasteiger partial charge on any atom is 0.257 e. The van der Waals surface area contributed by atoms with Crippen LogP contribution in [0, 0.1) is 29.2 Å². The fourth-order valence-corrected chi connectivity index (χ4v) is 10.1. The predicted molar refractivity (Wildman–Crippen MR) is 243 cm³/mol. The number of nitrogens with one attached hydrogen (secondary N) is 3. The highest BCUT2D eigenvalue weighted by molar-refractivity contribution is 6.01. The zero-order valence-electron chi connectivity index (χ0n) is 37.1. The summed E-state index contributed by atoms with van der Waals surface area (Å²) in [5.74, 6) is -3.43. The second-order valence-electron chi connectivity index (χ2n) is 18.0. The van der Waals surface area contributed by atoms with Gasteiger partial charge in [0.15, 0.2) is 5.82 Å². The highest BCUT2D eigenvalue weighted by Crippen LogP contribution is 2.35. The molecule has 0 spiro atoms. The van der Waals surface area contributed by atoms with Crippen molar-refractivity contribution < 1.29 is 31.9 Å². The number of carbonyl (C=O) groups is 3. The third kappa shape index (κ3) is 9.25. The van der Waals surface area contributed by atoms with E-state index in [0.717, 1.165) is 38.2 Å². The van der Waals surface area contributed by atoms with Gasteiger partial charge in [-0.2, -0.15) is 0 Å². The Morgan fingerprint density at radius 2 is 1.52 bits per heavy atom. The van der Waals surface area contributed by atoms with E-state index < -0.39 is 29.4 Å². The minimum Gasteiger partial charge on any atom is -0.386 e. The van der Waals surface area contributed by atoms with Gasteiger partial charge in [-0.05, 0) is 99.5 Å². The largest absolute Gasteiger partial charge is 0.386 e. The van der Waals surface area contributed by atoms with Crippen molar-refractivity contribution in [1.29, 1.82) is 0 Å². The Labute approximate surface area is 379 Å². The molecule has 4 aliphatic rings. The molecule has 0 radical (unpaired) electrons. The average Bonchev–Trinajstić information content (AvgIpc) is 3.62. The number of rotatable bonds is 11. The van der Waals surface area contributed by atoms with Gasteiger partial charge in [0, 0.05) is 113 Å². The lowest BCUT2D eigenvalue weighted by molar-refractivity contribution is -0.133. The summed E-state index contributed by atoms with van der Waals surface area (Å²) in [6.45, 7) is 6.35. The molecule has 348 valence electrons. The Bertz CT molecular complexity index is 2700. The molecule has 0 saturated carbocycles. The Hall–Kier alpha value is -6.27. The van der Waals surface area contributed by atoms with E-state index in [1.165, 1.54) is 35.0 Å². The zero-order chi connectivity index (χ0) is 46.2. The number of benzene rings is 2. The van der Waals surface area contributed by atoms with E-state index in [1.807, 2.05) is 22.6 Å². The molecule has 18 heteroatoms. The number of pyridine rings is 2. The number of carbonyl (C=O) groups excluding carboxylic acids is 3. The van der Waals surface area contributed by atoms with Crippen molar-refractivity contribution in [3.63, 3.8) is 0 Å². The van der Waals surface area contributed by atoms with Crippen molar-refractivity contribution in [1.82, 2.24) is 34.1 Å². The molecule has 0 bridgehead atoms. The number of fused-ring (bicyclic) bond motifs is 1. The van der Waals surface area contributed by atoms with Crippen molar-refractivity contribution >= 4 is 45.8 Å².